The van der Waals surface area contributed by atoms with Gasteiger partial charge >= 0.3 is 28.9 Å². The summed E-state index contributed by atoms with van der Waals surface area (Å²) in [5.41, 5.74) is -0.0372. The third-order valence-electron chi connectivity index (χ3n) is 8.95. The van der Waals surface area contributed by atoms with Crippen LogP contribution in [0.2, 0.25) is 22.2 Å². The maximum absolute atomic E-state index is 13.6. The number of hydrogen-bond donors (Lipinski definition) is 1. The van der Waals surface area contributed by atoms with E-state index >= 15 is 0 Å². The molecular formula is C32H45N5O8Si2. The van der Waals surface area contributed by atoms with Gasteiger partial charge in [-0.25, -0.2) is 19.1 Å². The summed E-state index contributed by atoms with van der Waals surface area (Å²) in [6, 6.07) is 10.1. The summed E-state index contributed by atoms with van der Waals surface area (Å²) in [7, 11) is -6.02. The molecule has 47 heavy (non-hydrogen) atoms. The number of carbonyl (C=O) groups excluding carboxylic acids is 2. The largest absolute Gasteiger partial charge is 0.438 e. The summed E-state index contributed by atoms with van der Waals surface area (Å²) in [5.74, 6) is -0.338. The Balaban J connectivity index is 1.55. The summed E-state index contributed by atoms with van der Waals surface area (Å²) >= 11 is 0. The van der Waals surface area contributed by atoms with Gasteiger partial charge in [0.15, 0.2) is 12.3 Å². The number of carbonyl (C=O) groups is 2. The first-order valence-corrected chi connectivity index (χ1v) is 20.0. The van der Waals surface area contributed by atoms with E-state index in [1.807, 2.05) is 0 Å². The molecule has 0 unspecified atom stereocenters. The summed E-state index contributed by atoms with van der Waals surface area (Å²) in [6.45, 7) is 17.0. The van der Waals surface area contributed by atoms with Crippen LogP contribution in [0.15, 0.2) is 66.1 Å². The molecular weight excluding hydrogens is 639 g/mol. The van der Waals surface area contributed by atoms with Gasteiger partial charge in [0.1, 0.15) is 24.4 Å². The molecule has 1 aromatic carbocycles. The first kappa shape index (κ1) is 34.8. The minimum absolute atomic E-state index is 0.00942. The molecule has 2 aliphatic heterocycles. The molecule has 3 aromatic rings. The highest BCUT2D eigenvalue weighted by molar-refractivity contribution is 6.84. The third kappa shape index (κ3) is 6.78. The second-order valence-corrected chi connectivity index (χ2v) is 22.1. The van der Waals surface area contributed by atoms with Crippen molar-refractivity contribution in [2.45, 2.75) is 102 Å². The Morgan fingerprint density at radius 2 is 1.60 bits per heavy atom. The quantitative estimate of drug-likeness (QED) is 0.298. The molecule has 2 aliphatic rings. The minimum atomic E-state index is -3.13. The van der Waals surface area contributed by atoms with Crippen molar-refractivity contribution in [3.8, 4) is 0 Å². The number of benzene rings is 1. The average molecular weight is 684 g/mol. The lowest BCUT2D eigenvalue weighted by molar-refractivity contribution is -0.0608. The molecule has 2 saturated heterocycles. The van der Waals surface area contributed by atoms with Crippen LogP contribution in [0.5, 0.6) is 0 Å². The van der Waals surface area contributed by atoms with Crippen molar-refractivity contribution >= 4 is 34.9 Å². The number of imidazole rings is 1. The molecule has 1 amide bonds. The van der Waals surface area contributed by atoms with Gasteiger partial charge in [0.2, 0.25) is 0 Å². The molecule has 0 aliphatic carbocycles. The molecule has 254 valence electrons. The van der Waals surface area contributed by atoms with Crippen LogP contribution in [0.25, 0.3) is 0 Å². The summed E-state index contributed by atoms with van der Waals surface area (Å²) in [4.78, 5) is 47.7. The number of hydrogen-bond acceptors (Lipinski definition) is 10. The van der Waals surface area contributed by atoms with Crippen LogP contribution in [-0.4, -0.2) is 73.1 Å². The van der Waals surface area contributed by atoms with E-state index in [1.54, 1.807) is 30.3 Å². The Morgan fingerprint density at radius 3 is 2.17 bits per heavy atom. The lowest BCUT2D eigenvalue weighted by atomic mass is 10.1. The second kappa shape index (κ2) is 13.9. The van der Waals surface area contributed by atoms with E-state index < -0.39 is 59.4 Å². The maximum atomic E-state index is 13.6. The Labute approximate surface area is 277 Å². The van der Waals surface area contributed by atoms with Crippen LogP contribution in [0.4, 0.5) is 10.6 Å². The lowest BCUT2D eigenvalue weighted by Crippen LogP contribution is -2.66. The van der Waals surface area contributed by atoms with Crippen molar-refractivity contribution in [3.05, 3.63) is 77.4 Å². The molecule has 5 rings (SSSR count). The molecule has 1 N–H and O–H groups in total. The molecule has 0 saturated carbocycles. The number of ether oxygens (including phenoxy) is 2. The van der Waals surface area contributed by atoms with Crippen LogP contribution in [0.1, 0.15) is 72.0 Å². The maximum Gasteiger partial charge on any atom is 0.419 e. The number of amides is 1. The van der Waals surface area contributed by atoms with Crippen molar-refractivity contribution in [2.24, 2.45) is 0 Å². The van der Waals surface area contributed by atoms with Crippen molar-refractivity contribution in [1.29, 1.82) is 0 Å². The third-order valence-corrected chi connectivity index (χ3v) is 19.2. The Kier molecular flexibility index (Phi) is 10.3. The van der Waals surface area contributed by atoms with Gasteiger partial charge in [-0.1, -0.05) is 73.6 Å². The zero-order valence-corrected chi connectivity index (χ0v) is 30.2. The fourth-order valence-corrected chi connectivity index (χ4v) is 17.7. The number of anilines is 1. The smallest absolute Gasteiger partial charge is 0.419 e. The molecule has 4 heterocycles. The van der Waals surface area contributed by atoms with E-state index in [2.05, 4.69) is 70.7 Å². The van der Waals surface area contributed by atoms with E-state index in [0.29, 0.717) is 5.56 Å². The highest BCUT2D eigenvalue weighted by Crippen LogP contribution is 2.48. The predicted molar refractivity (Wildman–Crippen MR) is 179 cm³/mol. The number of rotatable bonds is 8. The summed E-state index contributed by atoms with van der Waals surface area (Å²) in [6.07, 6.45) is 1.32. The normalized spacial score (nSPS) is 23.8. The molecule has 2 fully saturated rings. The minimum Gasteiger partial charge on any atom is -0.438 e. The average Bonchev–Trinajstić information content (AvgIpc) is 3.66. The monoisotopic (exact) mass is 683 g/mol. The molecule has 2 aromatic heterocycles. The van der Waals surface area contributed by atoms with Gasteiger partial charge in [-0.3, -0.25) is 9.36 Å². The molecule has 4 atom stereocenters. The van der Waals surface area contributed by atoms with Gasteiger partial charge < -0.3 is 27.8 Å². The van der Waals surface area contributed by atoms with Crippen LogP contribution < -0.4 is 11.0 Å². The standard InChI is InChI=1S/C32H45N5O8Si2/c1-20(2)46(21(3)4)41-18-25-27(44-47(45-46,22(5)6)23(7)8)28(43-32(40)36-17-15-33-19-36)30(42-25)37-16-14-26(35-31(37)39)34-29(38)24-12-10-9-11-13-24/h9-17,19-23,25,27-28,30H,18H2,1-8H3,(H,34,35,38,39)/t25-,27-,28-,30-/m1/s1. The highest BCUT2D eigenvalue weighted by atomic mass is 28.5. The van der Waals surface area contributed by atoms with Gasteiger partial charge in [0, 0.05) is 24.2 Å². The SMILES string of the molecule is CC(C)[Si]1(C(C)C)OC[C@H]2O[C@@H](n3ccc(NC(=O)c4ccccc4)nc3=O)[C@H](OC(=O)n3ccnc3)[C@@H]2O[Si](C(C)C)(C(C)C)O1. The molecule has 0 radical (unpaired) electrons. The van der Waals surface area contributed by atoms with E-state index in [0.717, 1.165) is 0 Å². The van der Waals surface area contributed by atoms with Crippen LogP contribution >= 0.6 is 0 Å². The summed E-state index contributed by atoms with van der Waals surface area (Å²) in [5, 5.41) is 2.66. The van der Waals surface area contributed by atoms with Crippen LogP contribution in [0.3, 0.4) is 0 Å². The van der Waals surface area contributed by atoms with E-state index in [1.165, 1.54) is 40.1 Å². The zero-order valence-electron chi connectivity index (χ0n) is 28.2. The van der Waals surface area contributed by atoms with Crippen LogP contribution in [0, 0.1) is 0 Å². The molecule has 13 nitrogen and oxygen atoms in total. The first-order valence-electron chi connectivity index (χ1n) is 16.1. The van der Waals surface area contributed by atoms with Gasteiger partial charge in [-0.15, -0.1) is 0 Å². The van der Waals surface area contributed by atoms with Gasteiger partial charge in [0.05, 0.1) is 6.61 Å². The lowest BCUT2D eigenvalue weighted by Gasteiger charge is -2.51. The highest BCUT2D eigenvalue weighted by Gasteiger charge is 2.62. The topological polar surface area (TPSA) is 145 Å². The van der Waals surface area contributed by atoms with Crippen molar-refractivity contribution in [1.82, 2.24) is 19.1 Å². The van der Waals surface area contributed by atoms with E-state index in [9.17, 15) is 14.4 Å². The van der Waals surface area contributed by atoms with E-state index in [4.69, 9.17) is 22.4 Å². The number of nitrogens with one attached hydrogen (secondary N) is 1. The Morgan fingerprint density at radius 1 is 0.936 bits per heavy atom. The Bertz CT molecular complexity index is 1580. The Hall–Kier alpha value is -3.48. The van der Waals surface area contributed by atoms with Gasteiger partial charge in [-0.05, 0) is 40.4 Å². The van der Waals surface area contributed by atoms with Crippen molar-refractivity contribution < 1.29 is 32.0 Å². The fraction of sp³-hybridized carbons (Fsp3) is 0.531. The predicted octanol–water partition coefficient (Wildman–Crippen LogP) is 5.60. The number of nitrogens with zero attached hydrogens (tertiary/aromatic N) is 4. The molecule has 15 heteroatoms. The molecule has 0 bridgehead atoms. The fourth-order valence-electron chi connectivity index (χ4n) is 6.47. The number of fused-ring (bicyclic) bond motifs is 1. The molecule has 0 spiro atoms. The number of aromatic nitrogens is 4. The van der Waals surface area contributed by atoms with E-state index in [-0.39, 0.29) is 34.6 Å². The van der Waals surface area contributed by atoms with Gasteiger partial charge in [-0.2, -0.15) is 4.98 Å². The van der Waals surface area contributed by atoms with Crippen molar-refractivity contribution in [2.75, 3.05) is 11.9 Å². The first-order chi connectivity index (χ1) is 22.3. The summed E-state index contributed by atoms with van der Waals surface area (Å²) < 4.78 is 36.4. The second-order valence-electron chi connectivity index (χ2n) is 13.3. The van der Waals surface area contributed by atoms with Gasteiger partial charge in [0.25, 0.3) is 5.91 Å². The zero-order chi connectivity index (χ0) is 34.1. The van der Waals surface area contributed by atoms with Crippen molar-refractivity contribution in [3.63, 3.8) is 0 Å². The van der Waals surface area contributed by atoms with Crippen LogP contribution in [-0.2, 0) is 22.4 Å².